The molecule has 0 radical (unpaired) electrons. The van der Waals surface area contributed by atoms with Gasteiger partial charge in [0, 0.05) is 22.1 Å². The summed E-state index contributed by atoms with van der Waals surface area (Å²) in [5, 5.41) is 0.368. The summed E-state index contributed by atoms with van der Waals surface area (Å²) in [7, 11) is 0. The van der Waals surface area contributed by atoms with Crippen LogP contribution >= 0.6 is 11.6 Å². The van der Waals surface area contributed by atoms with Crippen molar-refractivity contribution in [2.45, 2.75) is 13.3 Å². The van der Waals surface area contributed by atoms with Gasteiger partial charge >= 0.3 is 0 Å². The summed E-state index contributed by atoms with van der Waals surface area (Å²) in [5.74, 6) is -0.670. The quantitative estimate of drug-likeness (QED) is 0.749. The third kappa shape index (κ3) is 3.21. The van der Waals surface area contributed by atoms with Crippen LogP contribution in [0, 0.1) is 11.7 Å². The Labute approximate surface area is 117 Å². The Morgan fingerprint density at radius 3 is 2.47 bits per heavy atom. The molecular formula is C16H14ClFO. The van der Waals surface area contributed by atoms with Crippen LogP contribution in [0.1, 0.15) is 22.8 Å². The highest BCUT2D eigenvalue weighted by atomic mass is 35.5. The van der Waals surface area contributed by atoms with Gasteiger partial charge < -0.3 is 0 Å². The van der Waals surface area contributed by atoms with Crippen molar-refractivity contribution in [1.29, 1.82) is 0 Å². The second kappa shape index (κ2) is 5.98. The third-order valence-electron chi connectivity index (χ3n) is 3.08. The lowest BCUT2D eigenvalue weighted by Gasteiger charge is -2.12. The van der Waals surface area contributed by atoms with Crippen molar-refractivity contribution in [3.8, 4) is 0 Å². The number of hydrogen-bond donors (Lipinski definition) is 0. The molecule has 0 aliphatic rings. The number of ketones is 1. The predicted molar refractivity (Wildman–Crippen MR) is 75.1 cm³/mol. The van der Waals surface area contributed by atoms with Gasteiger partial charge in [-0.05, 0) is 18.6 Å². The minimum absolute atomic E-state index is 0.0000743. The standard InChI is InChI=1S/C16H14ClFO/c1-11(16(19)12-6-3-2-4-7-12)10-13-14(17)8-5-9-15(13)18/h2-9,11H,10H2,1H3. The number of rotatable bonds is 4. The van der Waals surface area contributed by atoms with Crippen molar-refractivity contribution in [1.82, 2.24) is 0 Å². The summed E-state index contributed by atoms with van der Waals surface area (Å²) in [6.07, 6.45) is 0.305. The van der Waals surface area contributed by atoms with Crippen LogP contribution in [-0.2, 0) is 6.42 Å². The Balaban J connectivity index is 2.18. The van der Waals surface area contributed by atoms with Crippen LogP contribution in [0.2, 0.25) is 5.02 Å². The van der Waals surface area contributed by atoms with Crippen molar-refractivity contribution < 1.29 is 9.18 Å². The van der Waals surface area contributed by atoms with Gasteiger partial charge in [0.05, 0.1) is 0 Å². The maximum Gasteiger partial charge on any atom is 0.165 e. The van der Waals surface area contributed by atoms with Crippen molar-refractivity contribution in [2.24, 2.45) is 5.92 Å². The van der Waals surface area contributed by atoms with Gasteiger partial charge in [0.2, 0.25) is 0 Å². The number of halogens is 2. The highest BCUT2D eigenvalue weighted by molar-refractivity contribution is 6.31. The molecule has 0 saturated carbocycles. The molecule has 0 saturated heterocycles. The van der Waals surface area contributed by atoms with Gasteiger partial charge in [-0.2, -0.15) is 0 Å². The van der Waals surface area contributed by atoms with Gasteiger partial charge in [0.15, 0.2) is 5.78 Å². The maximum atomic E-state index is 13.7. The summed E-state index contributed by atoms with van der Waals surface area (Å²) >= 11 is 5.97. The Bertz CT molecular complexity index is 560. The highest BCUT2D eigenvalue weighted by Crippen LogP contribution is 2.23. The first-order chi connectivity index (χ1) is 9.09. The number of benzene rings is 2. The van der Waals surface area contributed by atoms with Crippen molar-refractivity contribution in [3.05, 3.63) is 70.5 Å². The molecule has 1 atom stereocenters. The summed E-state index contributed by atoms with van der Waals surface area (Å²) in [6.45, 7) is 1.79. The third-order valence-corrected chi connectivity index (χ3v) is 3.43. The lowest BCUT2D eigenvalue weighted by Crippen LogP contribution is -2.15. The van der Waals surface area contributed by atoms with Crippen molar-refractivity contribution in [2.75, 3.05) is 0 Å². The zero-order valence-electron chi connectivity index (χ0n) is 10.6. The monoisotopic (exact) mass is 276 g/mol. The smallest absolute Gasteiger partial charge is 0.165 e. The van der Waals surface area contributed by atoms with Crippen LogP contribution < -0.4 is 0 Å². The molecule has 0 amide bonds. The summed E-state index contributed by atoms with van der Waals surface area (Å²) < 4.78 is 13.7. The first-order valence-electron chi connectivity index (χ1n) is 6.11. The van der Waals surface area contributed by atoms with Crippen LogP contribution in [0.25, 0.3) is 0 Å². The van der Waals surface area contributed by atoms with E-state index in [1.807, 2.05) is 18.2 Å². The Morgan fingerprint density at radius 2 is 1.84 bits per heavy atom. The molecule has 0 aliphatic heterocycles. The van der Waals surface area contributed by atoms with E-state index in [1.54, 1.807) is 31.2 Å². The van der Waals surface area contributed by atoms with E-state index in [-0.39, 0.29) is 17.5 Å². The molecule has 0 fully saturated rings. The normalized spacial score (nSPS) is 12.2. The van der Waals surface area contributed by atoms with Crippen molar-refractivity contribution >= 4 is 17.4 Å². The molecular weight excluding hydrogens is 263 g/mol. The topological polar surface area (TPSA) is 17.1 Å². The summed E-state index contributed by atoms with van der Waals surface area (Å²) in [4.78, 5) is 12.2. The molecule has 0 bridgehead atoms. The molecule has 0 heterocycles. The van der Waals surface area contributed by atoms with E-state index in [1.165, 1.54) is 6.07 Å². The van der Waals surface area contributed by atoms with Crippen LogP contribution in [0.3, 0.4) is 0 Å². The van der Waals surface area contributed by atoms with E-state index in [2.05, 4.69) is 0 Å². The minimum Gasteiger partial charge on any atom is -0.294 e. The van der Waals surface area contributed by atoms with E-state index in [0.29, 0.717) is 22.6 Å². The average Bonchev–Trinajstić information content (AvgIpc) is 2.43. The van der Waals surface area contributed by atoms with Crippen LogP contribution in [0.5, 0.6) is 0 Å². The van der Waals surface area contributed by atoms with Gasteiger partial charge in [-0.3, -0.25) is 4.79 Å². The SMILES string of the molecule is CC(Cc1c(F)cccc1Cl)C(=O)c1ccccc1. The molecule has 2 aromatic rings. The first-order valence-corrected chi connectivity index (χ1v) is 6.49. The van der Waals surface area contributed by atoms with Gasteiger partial charge in [0.25, 0.3) is 0 Å². The lowest BCUT2D eigenvalue weighted by atomic mass is 9.93. The Kier molecular flexibility index (Phi) is 4.33. The van der Waals surface area contributed by atoms with E-state index in [0.717, 1.165) is 0 Å². The molecule has 1 nitrogen and oxygen atoms in total. The Hall–Kier alpha value is -1.67. The number of carbonyl (C=O) groups excluding carboxylic acids is 1. The molecule has 0 aliphatic carbocycles. The molecule has 2 rings (SSSR count). The molecule has 1 unspecified atom stereocenters. The van der Waals surface area contributed by atoms with E-state index in [4.69, 9.17) is 11.6 Å². The molecule has 0 N–H and O–H groups in total. The zero-order chi connectivity index (χ0) is 13.8. The second-order valence-corrected chi connectivity index (χ2v) is 4.94. The van der Waals surface area contributed by atoms with Crippen LogP contribution in [-0.4, -0.2) is 5.78 Å². The van der Waals surface area contributed by atoms with Gasteiger partial charge in [0.1, 0.15) is 5.82 Å². The number of Topliss-reactive ketones (excluding diaryl/α,β-unsaturated/α-hetero) is 1. The zero-order valence-corrected chi connectivity index (χ0v) is 11.3. The summed E-state index contributed by atoms with van der Waals surface area (Å²) in [6, 6.07) is 13.6. The predicted octanol–water partition coefficient (Wildman–Crippen LogP) is 4.54. The van der Waals surface area contributed by atoms with Crippen molar-refractivity contribution in [3.63, 3.8) is 0 Å². The fraction of sp³-hybridized carbons (Fsp3) is 0.188. The van der Waals surface area contributed by atoms with Gasteiger partial charge in [-0.1, -0.05) is 54.9 Å². The lowest BCUT2D eigenvalue weighted by molar-refractivity contribution is 0.0929. The largest absolute Gasteiger partial charge is 0.294 e. The molecule has 2 aromatic carbocycles. The second-order valence-electron chi connectivity index (χ2n) is 4.54. The molecule has 0 aromatic heterocycles. The molecule has 3 heteroatoms. The maximum absolute atomic E-state index is 13.7. The van der Waals surface area contributed by atoms with Gasteiger partial charge in [-0.25, -0.2) is 4.39 Å². The molecule has 0 spiro atoms. The number of carbonyl (C=O) groups is 1. The molecule has 98 valence electrons. The number of hydrogen-bond acceptors (Lipinski definition) is 1. The Morgan fingerprint density at radius 1 is 1.16 bits per heavy atom. The van der Waals surface area contributed by atoms with E-state index >= 15 is 0 Å². The minimum atomic E-state index is -0.361. The van der Waals surface area contributed by atoms with Crippen LogP contribution in [0.15, 0.2) is 48.5 Å². The van der Waals surface area contributed by atoms with Gasteiger partial charge in [-0.15, -0.1) is 0 Å². The fourth-order valence-electron chi connectivity index (χ4n) is 2.01. The first kappa shape index (κ1) is 13.8. The van der Waals surface area contributed by atoms with Crippen LogP contribution in [0.4, 0.5) is 4.39 Å². The van der Waals surface area contributed by atoms with E-state index < -0.39 is 0 Å². The summed E-state index contributed by atoms with van der Waals surface area (Å²) in [5.41, 5.74) is 1.04. The molecule has 19 heavy (non-hydrogen) atoms. The fourth-order valence-corrected chi connectivity index (χ4v) is 2.25. The highest BCUT2D eigenvalue weighted by Gasteiger charge is 2.18. The average molecular weight is 277 g/mol. The van der Waals surface area contributed by atoms with E-state index in [9.17, 15) is 9.18 Å².